The number of ether oxygens (including phenoxy) is 2. The van der Waals surface area contributed by atoms with Crippen molar-refractivity contribution >= 4 is 11.9 Å². The van der Waals surface area contributed by atoms with Crippen LogP contribution in [0, 0.1) is 22.7 Å². The van der Waals surface area contributed by atoms with Crippen LogP contribution in [0.2, 0.25) is 0 Å². The van der Waals surface area contributed by atoms with Gasteiger partial charge in [-0.2, -0.15) is 0 Å². The zero-order valence-corrected chi connectivity index (χ0v) is 14.3. The van der Waals surface area contributed by atoms with Crippen LogP contribution in [0.1, 0.15) is 60.8 Å². The minimum atomic E-state index is -0.334. The second-order valence-corrected chi connectivity index (χ2v) is 8.54. The molecule has 21 heavy (non-hydrogen) atoms. The van der Waals surface area contributed by atoms with E-state index in [0.717, 1.165) is 12.8 Å². The van der Waals surface area contributed by atoms with Crippen molar-refractivity contribution in [2.24, 2.45) is 22.7 Å². The summed E-state index contributed by atoms with van der Waals surface area (Å²) < 4.78 is 10.6. The Balaban J connectivity index is 2.46. The summed E-state index contributed by atoms with van der Waals surface area (Å²) in [5, 5.41) is 0. The molecule has 4 nitrogen and oxygen atoms in total. The zero-order chi connectivity index (χ0) is 16.3. The lowest BCUT2D eigenvalue weighted by molar-refractivity contribution is -0.158. The van der Waals surface area contributed by atoms with Crippen LogP contribution >= 0.6 is 0 Å². The normalized spacial score (nSPS) is 17.2. The van der Waals surface area contributed by atoms with E-state index in [0.29, 0.717) is 19.1 Å². The maximum atomic E-state index is 12.2. The molecule has 1 aliphatic carbocycles. The smallest absolute Gasteiger partial charge is 0.309 e. The Labute approximate surface area is 128 Å². The van der Waals surface area contributed by atoms with Crippen molar-refractivity contribution in [1.82, 2.24) is 0 Å². The highest BCUT2D eigenvalue weighted by molar-refractivity contribution is 5.80. The molecule has 1 rings (SSSR count). The lowest BCUT2D eigenvalue weighted by atomic mass is 9.97. The molecule has 122 valence electrons. The monoisotopic (exact) mass is 298 g/mol. The highest BCUT2D eigenvalue weighted by Gasteiger charge is 2.39. The Hall–Kier alpha value is -1.06. The molecule has 1 aliphatic rings. The highest BCUT2D eigenvalue weighted by Crippen LogP contribution is 2.39. The molecule has 1 saturated carbocycles. The molecule has 0 amide bonds. The predicted molar refractivity (Wildman–Crippen MR) is 81.7 cm³/mol. The first kappa shape index (κ1) is 18.0. The van der Waals surface area contributed by atoms with Crippen molar-refractivity contribution in [3.8, 4) is 0 Å². The fourth-order valence-electron chi connectivity index (χ4n) is 1.87. The fourth-order valence-corrected chi connectivity index (χ4v) is 1.87. The SMILES string of the molecule is CC(C)(C)COC(=O)CC(C(=O)OCC(C)(C)C)C1CC1. The molecule has 0 heterocycles. The molecule has 0 aliphatic heterocycles. The van der Waals surface area contributed by atoms with Gasteiger partial charge in [-0.1, -0.05) is 41.5 Å². The number of carbonyl (C=O) groups excluding carboxylic acids is 2. The molecule has 0 N–H and O–H groups in total. The number of rotatable bonds is 6. The van der Waals surface area contributed by atoms with Crippen LogP contribution < -0.4 is 0 Å². The minimum Gasteiger partial charge on any atom is -0.465 e. The maximum Gasteiger partial charge on any atom is 0.309 e. The minimum absolute atomic E-state index is 0.0581. The van der Waals surface area contributed by atoms with Crippen LogP contribution in [-0.2, 0) is 19.1 Å². The highest BCUT2D eigenvalue weighted by atomic mass is 16.5. The van der Waals surface area contributed by atoms with Crippen molar-refractivity contribution < 1.29 is 19.1 Å². The van der Waals surface area contributed by atoms with Crippen LogP contribution in [0.15, 0.2) is 0 Å². The van der Waals surface area contributed by atoms with Gasteiger partial charge >= 0.3 is 11.9 Å². The van der Waals surface area contributed by atoms with E-state index in [1.165, 1.54) is 0 Å². The molecule has 1 atom stereocenters. The van der Waals surface area contributed by atoms with E-state index in [1.807, 2.05) is 41.5 Å². The van der Waals surface area contributed by atoms with Gasteiger partial charge in [-0.15, -0.1) is 0 Å². The number of hydrogen-bond donors (Lipinski definition) is 0. The molecule has 0 bridgehead atoms. The van der Waals surface area contributed by atoms with E-state index in [1.54, 1.807) is 0 Å². The molecule has 0 aromatic heterocycles. The van der Waals surface area contributed by atoms with Gasteiger partial charge in [0.1, 0.15) is 0 Å². The summed E-state index contributed by atoms with van der Waals surface area (Å²) in [5.74, 6) is -0.589. The van der Waals surface area contributed by atoms with Crippen molar-refractivity contribution in [3.63, 3.8) is 0 Å². The van der Waals surface area contributed by atoms with Crippen molar-refractivity contribution in [3.05, 3.63) is 0 Å². The van der Waals surface area contributed by atoms with Gasteiger partial charge in [-0.25, -0.2) is 0 Å². The first-order chi connectivity index (χ1) is 9.48. The van der Waals surface area contributed by atoms with Gasteiger partial charge < -0.3 is 9.47 Å². The first-order valence-electron chi connectivity index (χ1n) is 7.80. The molecular weight excluding hydrogens is 268 g/mol. The number of esters is 2. The standard InChI is InChI=1S/C17H30O4/c1-16(2,3)10-20-14(18)9-13(12-7-8-12)15(19)21-11-17(4,5)6/h12-13H,7-11H2,1-6H3. The van der Waals surface area contributed by atoms with E-state index in [-0.39, 0.29) is 35.1 Å². The summed E-state index contributed by atoms with van der Waals surface area (Å²) in [5.41, 5.74) is -0.117. The molecule has 1 fully saturated rings. The lowest BCUT2D eigenvalue weighted by Crippen LogP contribution is -2.28. The van der Waals surface area contributed by atoms with Crippen molar-refractivity contribution in [2.75, 3.05) is 13.2 Å². The Kier molecular flexibility index (Phi) is 5.83. The molecule has 1 unspecified atom stereocenters. The summed E-state index contributed by atoms with van der Waals surface area (Å²) in [4.78, 5) is 24.1. The summed E-state index contributed by atoms with van der Waals surface area (Å²) >= 11 is 0. The lowest BCUT2D eigenvalue weighted by Gasteiger charge is -2.22. The van der Waals surface area contributed by atoms with Gasteiger partial charge in [0, 0.05) is 0 Å². The zero-order valence-electron chi connectivity index (χ0n) is 14.3. The van der Waals surface area contributed by atoms with Crippen LogP contribution in [0.5, 0.6) is 0 Å². The second-order valence-electron chi connectivity index (χ2n) is 8.54. The van der Waals surface area contributed by atoms with Crippen LogP contribution in [0.4, 0.5) is 0 Å². The second kappa shape index (κ2) is 6.80. The molecule has 0 aromatic rings. The predicted octanol–water partition coefficient (Wildman–Crippen LogP) is 3.58. The van der Waals surface area contributed by atoms with Crippen molar-refractivity contribution in [1.29, 1.82) is 0 Å². The first-order valence-corrected chi connectivity index (χ1v) is 7.80. The quantitative estimate of drug-likeness (QED) is 0.703. The van der Waals surface area contributed by atoms with Crippen LogP contribution in [0.3, 0.4) is 0 Å². The van der Waals surface area contributed by atoms with Crippen LogP contribution in [0.25, 0.3) is 0 Å². The number of carbonyl (C=O) groups is 2. The van der Waals surface area contributed by atoms with Gasteiger partial charge in [0.15, 0.2) is 0 Å². The van der Waals surface area contributed by atoms with Crippen LogP contribution in [-0.4, -0.2) is 25.2 Å². The Bertz CT molecular complexity index is 369. The van der Waals surface area contributed by atoms with E-state index in [2.05, 4.69) is 0 Å². The summed E-state index contributed by atoms with van der Waals surface area (Å²) in [6.45, 7) is 12.8. The van der Waals surface area contributed by atoms with Gasteiger partial charge in [-0.05, 0) is 29.6 Å². The fraction of sp³-hybridized carbons (Fsp3) is 0.882. The molecule has 0 spiro atoms. The van der Waals surface area contributed by atoms with E-state index < -0.39 is 0 Å². The molecular formula is C17H30O4. The Morgan fingerprint density at radius 1 is 0.952 bits per heavy atom. The van der Waals surface area contributed by atoms with E-state index >= 15 is 0 Å². The third kappa shape index (κ3) is 8.08. The molecule has 4 heteroatoms. The van der Waals surface area contributed by atoms with Gasteiger partial charge in [0.2, 0.25) is 0 Å². The summed E-state index contributed by atoms with van der Waals surface area (Å²) in [6, 6.07) is 0. The topological polar surface area (TPSA) is 52.6 Å². The molecule has 0 aromatic carbocycles. The van der Waals surface area contributed by atoms with Gasteiger partial charge in [0.25, 0.3) is 0 Å². The summed E-state index contributed by atoms with van der Waals surface area (Å²) in [7, 11) is 0. The van der Waals surface area contributed by atoms with Gasteiger partial charge in [-0.3, -0.25) is 9.59 Å². The molecule has 0 radical (unpaired) electrons. The maximum absolute atomic E-state index is 12.2. The van der Waals surface area contributed by atoms with E-state index in [9.17, 15) is 9.59 Å². The average molecular weight is 298 g/mol. The van der Waals surface area contributed by atoms with Crippen molar-refractivity contribution in [2.45, 2.75) is 60.8 Å². The number of hydrogen-bond acceptors (Lipinski definition) is 4. The third-order valence-corrected chi connectivity index (χ3v) is 3.19. The Morgan fingerprint density at radius 2 is 1.43 bits per heavy atom. The largest absolute Gasteiger partial charge is 0.465 e. The Morgan fingerprint density at radius 3 is 1.86 bits per heavy atom. The average Bonchev–Trinajstić information content (AvgIpc) is 3.12. The van der Waals surface area contributed by atoms with E-state index in [4.69, 9.17) is 9.47 Å². The van der Waals surface area contributed by atoms with Gasteiger partial charge in [0.05, 0.1) is 25.6 Å². The third-order valence-electron chi connectivity index (χ3n) is 3.19. The summed E-state index contributed by atoms with van der Waals surface area (Å²) in [6.07, 6.45) is 2.15. The molecule has 0 saturated heterocycles.